The van der Waals surface area contributed by atoms with E-state index in [0.29, 0.717) is 24.1 Å². The SMILES string of the molecule is CCN(Cc1cc(N)ccc1O)CC1CCCO1. The third-order valence-corrected chi connectivity index (χ3v) is 3.43. The lowest BCUT2D eigenvalue weighted by atomic mass is 10.1. The molecule has 1 saturated heterocycles. The topological polar surface area (TPSA) is 58.7 Å². The third-order valence-electron chi connectivity index (χ3n) is 3.43. The molecule has 1 aromatic rings. The zero-order chi connectivity index (χ0) is 13.0. The van der Waals surface area contributed by atoms with Crippen LogP contribution in [-0.2, 0) is 11.3 Å². The Morgan fingerprint density at radius 3 is 3.00 bits per heavy atom. The van der Waals surface area contributed by atoms with Crippen molar-refractivity contribution in [2.24, 2.45) is 0 Å². The van der Waals surface area contributed by atoms with Gasteiger partial charge in [0.15, 0.2) is 0 Å². The second kappa shape index (κ2) is 6.07. The van der Waals surface area contributed by atoms with E-state index in [4.69, 9.17) is 10.5 Å². The van der Waals surface area contributed by atoms with Crippen LogP contribution in [0.15, 0.2) is 18.2 Å². The molecule has 1 fully saturated rings. The minimum absolute atomic E-state index is 0.315. The summed E-state index contributed by atoms with van der Waals surface area (Å²) in [6.07, 6.45) is 2.64. The number of rotatable bonds is 5. The largest absolute Gasteiger partial charge is 0.508 e. The van der Waals surface area contributed by atoms with Crippen molar-refractivity contribution in [3.8, 4) is 5.75 Å². The lowest BCUT2D eigenvalue weighted by Gasteiger charge is -2.24. The number of nitrogen functional groups attached to an aromatic ring is 1. The quantitative estimate of drug-likeness (QED) is 0.619. The maximum Gasteiger partial charge on any atom is 0.120 e. The molecule has 1 aromatic carbocycles. The highest BCUT2D eigenvalue weighted by molar-refractivity contribution is 5.47. The summed E-state index contributed by atoms with van der Waals surface area (Å²) >= 11 is 0. The van der Waals surface area contributed by atoms with Crippen LogP contribution in [0.1, 0.15) is 25.3 Å². The first-order valence-corrected chi connectivity index (χ1v) is 6.60. The maximum atomic E-state index is 9.83. The molecule has 0 amide bonds. The van der Waals surface area contributed by atoms with E-state index >= 15 is 0 Å². The lowest BCUT2D eigenvalue weighted by Crippen LogP contribution is -2.31. The van der Waals surface area contributed by atoms with Crippen LogP contribution in [-0.4, -0.2) is 35.8 Å². The van der Waals surface area contributed by atoms with E-state index < -0.39 is 0 Å². The van der Waals surface area contributed by atoms with Gasteiger partial charge in [-0.2, -0.15) is 0 Å². The van der Waals surface area contributed by atoms with Gasteiger partial charge >= 0.3 is 0 Å². The standard InChI is InChI=1S/C14H22N2O2/c1-2-16(10-13-4-3-7-18-13)9-11-8-12(15)5-6-14(11)17/h5-6,8,13,17H,2-4,7,9-10,15H2,1H3. The molecule has 0 spiro atoms. The zero-order valence-corrected chi connectivity index (χ0v) is 10.9. The average molecular weight is 250 g/mol. The molecule has 4 heteroatoms. The van der Waals surface area contributed by atoms with Gasteiger partial charge in [0, 0.05) is 30.9 Å². The summed E-state index contributed by atoms with van der Waals surface area (Å²) in [5, 5.41) is 9.83. The molecule has 3 N–H and O–H groups in total. The van der Waals surface area contributed by atoms with E-state index in [-0.39, 0.29) is 0 Å². The van der Waals surface area contributed by atoms with Crippen molar-refractivity contribution in [3.05, 3.63) is 23.8 Å². The van der Waals surface area contributed by atoms with Crippen LogP contribution in [0.25, 0.3) is 0 Å². The Morgan fingerprint density at radius 2 is 2.33 bits per heavy atom. The van der Waals surface area contributed by atoms with Gasteiger partial charge in [-0.15, -0.1) is 0 Å². The van der Waals surface area contributed by atoms with Crippen molar-refractivity contribution in [1.82, 2.24) is 4.90 Å². The maximum absolute atomic E-state index is 9.83. The number of hydrogen-bond acceptors (Lipinski definition) is 4. The van der Waals surface area contributed by atoms with Crippen LogP contribution in [0.5, 0.6) is 5.75 Å². The normalized spacial score (nSPS) is 19.6. The second-order valence-corrected chi connectivity index (χ2v) is 4.85. The number of benzene rings is 1. The van der Waals surface area contributed by atoms with E-state index in [0.717, 1.165) is 38.1 Å². The Kier molecular flexibility index (Phi) is 4.44. The number of nitrogens with two attached hydrogens (primary N) is 1. The molecule has 1 aliphatic rings. The van der Waals surface area contributed by atoms with Gasteiger partial charge < -0.3 is 15.6 Å². The summed E-state index contributed by atoms with van der Waals surface area (Å²) in [6, 6.07) is 5.22. The number of aromatic hydroxyl groups is 1. The number of nitrogens with zero attached hydrogens (tertiary/aromatic N) is 1. The minimum atomic E-state index is 0.315. The molecule has 0 radical (unpaired) electrons. The fourth-order valence-corrected chi connectivity index (χ4v) is 2.35. The number of hydrogen-bond donors (Lipinski definition) is 2. The van der Waals surface area contributed by atoms with Gasteiger partial charge in [0.05, 0.1) is 6.10 Å². The van der Waals surface area contributed by atoms with Gasteiger partial charge in [-0.1, -0.05) is 6.92 Å². The fraction of sp³-hybridized carbons (Fsp3) is 0.571. The van der Waals surface area contributed by atoms with Crippen LogP contribution < -0.4 is 5.73 Å². The molecule has 100 valence electrons. The van der Waals surface area contributed by atoms with E-state index in [1.54, 1.807) is 12.1 Å². The molecule has 1 unspecified atom stereocenters. The average Bonchev–Trinajstić information content (AvgIpc) is 2.85. The van der Waals surface area contributed by atoms with Crippen molar-refractivity contribution in [2.75, 3.05) is 25.4 Å². The highest BCUT2D eigenvalue weighted by Gasteiger charge is 2.19. The summed E-state index contributed by atoms with van der Waals surface area (Å²) in [5.74, 6) is 0.315. The summed E-state index contributed by atoms with van der Waals surface area (Å²) in [4.78, 5) is 2.28. The van der Waals surface area contributed by atoms with Gasteiger partial charge in [-0.05, 0) is 37.6 Å². The fourth-order valence-electron chi connectivity index (χ4n) is 2.35. The van der Waals surface area contributed by atoms with Crippen LogP contribution in [0.2, 0.25) is 0 Å². The Balaban J connectivity index is 1.98. The monoisotopic (exact) mass is 250 g/mol. The number of ether oxygens (including phenoxy) is 1. The molecule has 0 saturated carbocycles. The highest BCUT2D eigenvalue weighted by Crippen LogP contribution is 2.22. The number of phenolic OH excluding ortho intramolecular Hbond substituents is 1. The summed E-state index contributed by atoms with van der Waals surface area (Å²) in [5.41, 5.74) is 7.33. The van der Waals surface area contributed by atoms with E-state index in [1.165, 1.54) is 0 Å². The molecule has 4 nitrogen and oxygen atoms in total. The Bertz CT molecular complexity index is 389. The molecule has 0 aromatic heterocycles. The molecule has 0 aliphatic carbocycles. The molecule has 1 aliphatic heterocycles. The van der Waals surface area contributed by atoms with Gasteiger partial charge in [0.2, 0.25) is 0 Å². The van der Waals surface area contributed by atoms with Gasteiger partial charge in [-0.3, -0.25) is 4.90 Å². The zero-order valence-electron chi connectivity index (χ0n) is 10.9. The molecule has 0 bridgehead atoms. The summed E-state index contributed by atoms with van der Waals surface area (Å²) in [7, 11) is 0. The van der Waals surface area contributed by atoms with E-state index in [2.05, 4.69) is 11.8 Å². The highest BCUT2D eigenvalue weighted by atomic mass is 16.5. The minimum Gasteiger partial charge on any atom is -0.508 e. The summed E-state index contributed by atoms with van der Waals surface area (Å²) in [6.45, 7) is 5.58. The van der Waals surface area contributed by atoms with Crippen molar-refractivity contribution < 1.29 is 9.84 Å². The van der Waals surface area contributed by atoms with E-state index in [1.807, 2.05) is 6.07 Å². The van der Waals surface area contributed by atoms with Gasteiger partial charge in [0.1, 0.15) is 5.75 Å². The van der Waals surface area contributed by atoms with Crippen molar-refractivity contribution in [1.29, 1.82) is 0 Å². The first kappa shape index (κ1) is 13.2. The molecule has 1 atom stereocenters. The Hall–Kier alpha value is -1.26. The van der Waals surface area contributed by atoms with Crippen LogP contribution in [0.4, 0.5) is 5.69 Å². The molecule has 18 heavy (non-hydrogen) atoms. The molecular weight excluding hydrogens is 228 g/mol. The first-order chi connectivity index (χ1) is 8.69. The van der Waals surface area contributed by atoms with Gasteiger partial charge in [0.25, 0.3) is 0 Å². The predicted molar refractivity (Wildman–Crippen MR) is 72.4 cm³/mol. The van der Waals surface area contributed by atoms with Crippen LogP contribution in [0, 0.1) is 0 Å². The van der Waals surface area contributed by atoms with Gasteiger partial charge in [-0.25, -0.2) is 0 Å². The van der Waals surface area contributed by atoms with E-state index in [9.17, 15) is 5.11 Å². The molecule has 1 heterocycles. The van der Waals surface area contributed by atoms with Crippen LogP contribution >= 0.6 is 0 Å². The van der Waals surface area contributed by atoms with Crippen molar-refractivity contribution >= 4 is 5.69 Å². The third kappa shape index (κ3) is 3.37. The first-order valence-electron chi connectivity index (χ1n) is 6.60. The van der Waals surface area contributed by atoms with Crippen molar-refractivity contribution in [2.45, 2.75) is 32.4 Å². The number of anilines is 1. The second-order valence-electron chi connectivity index (χ2n) is 4.85. The smallest absolute Gasteiger partial charge is 0.120 e. The Labute approximate surface area is 108 Å². The molecular formula is C14H22N2O2. The Morgan fingerprint density at radius 1 is 1.50 bits per heavy atom. The van der Waals surface area contributed by atoms with Crippen molar-refractivity contribution in [3.63, 3.8) is 0 Å². The number of phenols is 1. The molecule has 2 rings (SSSR count). The summed E-state index contributed by atoms with van der Waals surface area (Å²) < 4.78 is 5.65. The lowest BCUT2D eigenvalue weighted by molar-refractivity contribution is 0.0722. The predicted octanol–water partition coefficient (Wildman–Crippen LogP) is 1.98. The van der Waals surface area contributed by atoms with Crippen LogP contribution in [0.3, 0.4) is 0 Å². The number of likely N-dealkylation sites (N-methyl/N-ethyl adjacent to an activating group) is 1.